The van der Waals surface area contributed by atoms with Gasteiger partial charge in [0.05, 0.1) is 12.3 Å². The average molecular weight is 321 g/mol. The zero-order chi connectivity index (χ0) is 16.8. The first-order chi connectivity index (χ1) is 11.0. The number of nitrogens with one attached hydrogen (secondary N) is 2. The van der Waals surface area contributed by atoms with Crippen molar-refractivity contribution in [3.63, 3.8) is 0 Å². The summed E-state index contributed by atoms with van der Waals surface area (Å²) in [4.78, 5) is 26.1. The third kappa shape index (κ3) is 4.82. The van der Waals surface area contributed by atoms with E-state index in [0.717, 1.165) is 18.8 Å². The summed E-state index contributed by atoms with van der Waals surface area (Å²) in [5.74, 6) is 0.563. The molecule has 2 atom stereocenters. The lowest BCUT2D eigenvalue weighted by atomic mass is 10.0. The third-order valence-electron chi connectivity index (χ3n) is 4.23. The lowest BCUT2D eigenvalue weighted by molar-refractivity contribution is -0.129. The van der Waals surface area contributed by atoms with Gasteiger partial charge in [-0.2, -0.15) is 0 Å². The van der Waals surface area contributed by atoms with E-state index in [2.05, 4.69) is 15.5 Å². The molecule has 2 heterocycles. The lowest BCUT2D eigenvalue weighted by Gasteiger charge is -2.27. The zero-order valence-corrected chi connectivity index (χ0v) is 14.2. The molecule has 0 radical (unpaired) electrons. The van der Waals surface area contributed by atoms with Crippen LogP contribution < -0.4 is 10.6 Å². The first kappa shape index (κ1) is 17.5. The Morgan fingerprint density at radius 3 is 2.52 bits per heavy atom. The van der Waals surface area contributed by atoms with Crippen LogP contribution in [0.25, 0.3) is 0 Å². The molecule has 23 heavy (non-hydrogen) atoms. The first-order valence-corrected chi connectivity index (χ1v) is 8.31. The quantitative estimate of drug-likeness (QED) is 0.801. The molecule has 1 saturated heterocycles. The minimum absolute atomic E-state index is 0.0350. The van der Waals surface area contributed by atoms with Crippen LogP contribution in [-0.2, 0) is 9.59 Å². The van der Waals surface area contributed by atoms with Gasteiger partial charge in [0.15, 0.2) is 0 Å². The van der Waals surface area contributed by atoms with E-state index in [0.29, 0.717) is 6.54 Å². The van der Waals surface area contributed by atoms with E-state index in [4.69, 9.17) is 4.42 Å². The van der Waals surface area contributed by atoms with E-state index in [1.807, 2.05) is 26.0 Å². The van der Waals surface area contributed by atoms with Crippen molar-refractivity contribution < 1.29 is 14.0 Å². The highest BCUT2D eigenvalue weighted by atomic mass is 16.3. The summed E-state index contributed by atoms with van der Waals surface area (Å²) < 4.78 is 5.55. The van der Waals surface area contributed by atoms with E-state index >= 15 is 0 Å². The van der Waals surface area contributed by atoms with Gasteiger partial charge in [0, 0.05) is 13.5 Å². The van der Waals surface area contributed by atoms with Crippen molar-refractivity contribution in [1.82, 2.24) is 15.5 Å². The lowest BCUT2D eigenvalue weighted by Crippen LogP contribution is -2.50. The second kappa shape index (κ2) is 8.15. The normalized spacial score (nSPS) is 17.9. The van der Waals surface area contributed by atoms with Crippen molar-refractivity contribution in [1.29, 1.82) is 0 Å². The fourth-order valence-corrected chi connectivity index (χ4v) is 3.00. The van der Waals surface area contributed by atoms with Gasteiger partial charge in [-0.1, -0.05) is 13.8 Å². The van der Waals surface area contributed by atoms with Crippen molar-refractivity contribution in [2.75, 3.05) is 19.6 Å². The van der Waals surface area contributed by atoms with Crippen molar-refractivity contribution in [3.05, 3.63) is 24.2 Å². The third-order valence-corrected chi connectivity index (χ3v) is 4.23. The standard InChI is InChI=1S/C17H27N3O3/c1-12(2)16(19-13(3)21)17(22)18-11-14(15-7-6-10-23-15)20-8-4-5-9-20/h6-7,10,12,14,16H,4-5,8-9,11H2,1-3H3,(H,18,22)(H,19,21)/t14-,16+/m0/s1. The molecule has 2 rings (SSSR count). The molecule has 0 aromatic carbocycles. The van der Waals surface area contributed by atoms with Crippen molar-refractivity contribution in [2.24, 2.45) is 5.92 Å². The SMILES string of the molecule is CC(=O)N[C@@H](C(=O)NC[C@@H](c1ccco1)N1CCCC1)C(C)C. The zero-order valence-electron chi connectivity index (χ0n) is 14.2. The molecule has 0 unspecified atom stereocenters. The van der Waals surface area contributed by atoms with Gasteiger partial charge >= 0.3 is 0 Å². The summed E-state index contributed by atoms with van der Waals surface area (Å²) in [6.45, 7) is 7.78. The molecule has 0 saturated carbocycles. The minimum atomic E-state index is -0.511. The van der Waals surface area contributed by atoms with Crippen LogP contribution in [0.5, 0.6) is 0 Å². The van der Waals surface area contributed by atoms with Crippen LogP contribution >= 0.6 is 0 Å². The number of rotatable bonds is 7. The highest BCUT2D eigenvalue weighted by Gasteiger charge is 2.28. The number of nitrogens with zero attached hydrogens (tertiary/aromatic N) is 1. The summed E-state index contributed by atoms with van der Waals surface area (Å²) in [6.07, 6.45) is 4.01. The van der Waals surface area contributed by atoms with Gasteiger partial charge < -0.3 is 15.1 Å². The van der Waals surface area contributed by atoms with E-state index in [1.54, 1.807) is 6.26 Å². The van der Waals surface area contributed by atoms with Crippen molar-refractivity contribution in [2.45, 2.75) is 45.7 Å². The fourth-order valence-electron chi connectivity index (χ4n) is 3.00. The van der Waals surface area contributed by atoms with Crippen LogP contribution in [0.1, 0.15) is 45.4 Å². The van der Waals surface area contributed by atoms with Gasteiger partial charge in [-0.15, -0.1) is 0 Å². The van der Waals surface area contributed by atoms with E-state index in [9.17, 15) is 9.59 Å². The molecule has 1 aliphatic heterocycles. The molecular formula is C17H27N3O3. The summed E-state index contributed by atoms with van der Waals surface area (Å²) >= 11 is 0. The molecule has 1 aromatic rings. The van der Waals surface area contributed by atoms with Crippen LogP contribution in [0, 0.1) is 5.92 Å². The number of carbonyl (C=O) groups excluding carboxylic acids is 2. The molecule has 2 N–H and O–H groups in total. The largest absolute Gasteiger partial charge is 0.468 e. The Morgan fingerprint density at radius 2 is 2.00 bits per heavy atom. The molecule has 1 aromatic heterocycles. The molecule has 2 amide bonds. The average Bonchev–Trinajstić information content (AvgIpc) is 3.17. The van der Waals surface area contributed by atoms with Gasteiger partial charge in [0.1, 0.15) is 11.8 Å². The molecular weight excluding hydrogens is 294 g/mol. The highest BCUT2D eigenvalue weighted by molar-refractivity contribution is 5.87. The van der Waals surface area contributed by atoms with Crippen LogP contribution in [0.3, 0.4) is 0 Å². The van der Waals surface area contributed by atoms with Gasteiger partial charge in [0.2, 0.25) is 11.8 Å². The second-order valence-corrected chi connectivity index (χ2v) is 6.44. The molecule has 1 fully saturated rings. The topological polar surface area (TPSA) is 74.6 Å². The summed E-state index contributed by atoms with van der Waals surface area (Å²) in [6, 6.07) is 3.35. The molecule has 6 heteroatoms. The Balaban J connectivity index is 1.99. The number of hydrogen-bond donors (Lipinski definition) is 2. The Morgan fingerprint density at radius 1 is 1.30 bits per heavy atom. The number of carbonyl (C=O) groups is 2. The molecule has 128 valence electrons. The summed E-state index contributed by atoms with van der Waals surface area (Å²) in [5.41, 5.74) is 0. The molecule has 6 nitrogen and oxygen atoms in total. The van der Waals surface area contributed by atoms with E-state index in [1.165, 1.54) is 19.8 Å². The van der Waals surface area contributed by atoms with Crippen molar-refractivity contribution >= 4 is 11.8 Å². The fraction of sp³-hybridized carbons (Fsp3) is 0.647. The monoisotopic (exact) mass is 321 g/mol. The predicted molar refractivity (Wildman–Crippen MR) is 87.7 cm³/mol. The summed E-state index contributed by atoms with van der Waals surface area (Å²) in [5, 5.41) is 5.70. The Bertz CT molecular complexity index is 507. The van der Waals surface area contributed by atoms with E-state index < -0.39 is 6.04 Å². The van der Waals surface area contributed by atoms with Crippen LogP contribution in [0.4, 0.5) is 0 Å². The van der Waals surface area contributed by atoms with Gasteiger partial charge in [0.25, 0.3) is 0 Å². The van der Waals surface area contributed by atoms with Crippen LogP contribution in [0.2, 0.25) is 0 Å². The Labute approximate surface area is 137 Å². The Kier molecular flexibility index (Phi) is 6.21. The maximum Gasteiger partial charge on any atom is 0.242 e. The first-order valence-electron chi connectivity index (χ1n) is 8.31. The maximum atomic E-state index is 12.4. The van der Waals surface area contributed by atoms with Gasteiger partial charge in [-0.05, 0) is 44.0 Å². The smallest absolute Gasteiger partial charge is 0.242 e. The highest BCUT2D eigenvalue weighted by Crippen LogP contribution is 2.24. The van der Waals surface area contributed by atoms with Crippen LogP contribution in [-0.4, -0.2) is 42.4 Å². The van der Waals surface area contributed by atoms with Gasteiger partial charge in [-0.3, -0.25) is 14.5 Å². The molecule has 1 aliphatic rings. The number of furan rings is 1. The van der Waals surface area contributed by atoms with Gasteiger partial charge in [-0.25, -0.2) is 0 Å². The number of hydrogen-bond acceptors (Lipinski definition) is 4. The predicted octanol–water partition coefficient (Wildman–Crippen LogP) is 1.69. The molecule has 0 bridgehead atoms. The molecule has 0 spiro atoms. The van der Waals surface area contributed by atoms with E-state index in [-0.39, 0.29) is 23.8 Å². The second-order valence-electron chi connectivity index (χ2n) is 6.44. The van der Waals surface area contributed by atoms with Crippen molar-refractivity contribution in [3.8, 4) is 0 Å². The number of amides is 2. The summed E-state index contributed by atoms with van der Waals surface area (Å²) in [7, 11) is 0. The molecule has 0 aliphatic carbocycles. The number of likely N-dealkylation sites (tertiary alicyclic amines) is 1. The van der Waals surface area contributed by atoms with Crippen LogP contribution in [0.15, 0.2) is 22.8 Å². The maximum absolute atomic E-state index is 12.4. The minimum Gasteiger partial charge on any atom is -0.468 e. The Hall–Kier alpha value is -1.82.